The number of benzene rings is 2. The Kier molecular flexibility index (Phi) is 7.56. The van der Waals surface area contributed by atoms with E-state index in [0.29, 0.717) is 0 Å². The maximum atomic E-state index is 6.51. The Morgan fingerprint density at radius 2 is 1.65 bits per heavy atom. The zero-order valence-electron chi connectivity index (χ0n) is 30.2. The lowest BCUT2D eigenvalue weighted by Crippen LogP contribution is -2.32. The minimum absolute atomic E-state index is 0.0110. The third-order valence-electron chi connectivity index (χ3n) is 12.3. The van der Waals surface area contributed by atoms with Gasteiger partial charge in [-0.25, -0.2) is 4.99 Å². The number of para-hydroxylation sites is 2. The molecule has 6 aliphatic carbocycles. The first-order chi connectivity index (χ1) is 26.7. The summed E-state index contributed by atoms with van der Waals surface area (Å²) in [5.74, 6) is 2.50. The lowest BCUT2D eigenvalue weighted by Gasteiger charge is -2.35. The van der Waals surface area contributed by atoms with Crippen molar-refractivity contribution in [1.82, 2.24) is 15.0 Å². The quantitative estimate of drug-likeness (QED) is 0.266. The Morgan fingerprint density at radius 1 is 0.759 bits per heavy atom. The van der Waals surface area contributed by atoms with Gasteiger partial charge in [0.2, 0.25) is 0 Å². The second-order valence-corrected chi connectivity index (χ2v) is 15.5. The molecule has 3 aromatic rings. The highest BCUT2D eigenvalue weighted by atomic mass is 16.5. The summed E-state index contributed by atoms with van der Waals surface area (Å²) in [6.45, 7) is 0. The summed E-state index contributed by atoms with van der Waals surface area (Å²) in [6, 6.07) is 18.7. The van der Waals surface area contributed by atoms with Crippen LogP contribution in [0, 0.1) is 17.8 Å². The first-order valence-electron chi connectivity index (χ1n) is 19.6. The highest BCUT2D eigenvalue weighted by Gasteiger charge is 2.38. The zero-order valence-corrected chi connectivity index (χ0v) is 30.2. The average molecular weight is 704 g/mol. The molecule has 6 nitrogen and oxygen atoms in total. The van der Waals surface area contributed by atoms with Gasteiger partial charge in [0.25, 0.3) is 0 Å². The van der Waals surface area contributed by atoms with E-state index in [-0.39, 0.29) is 29.9 Å². The SMILES string of the molecule is C1=CCCC(C2=CC=CCC2C2CC(C3=CC=C4c5ccccc5OC4C3)=NC(C3=CC4C5=C(C=CC4C=C3)CCc3nn(-c4ccccc4)nc35)=N2)=C1. The summed E-state index contributed by atoms with van der Waals surface area (Å²) in [5, 5.41) is 10.1. The van der Waals surface area contributed by atoms with Crippen molar-refractivity contribution >= 4 is 22.7 Å². The van der Waals surface area contributed by atoms with E-state index in [4.69, 9.17) is 24.9 Å². The molecule has 54 heavy (non-hydrogen) atoms. The van der Waals surface area contributed by atoms with Gasteiger partial charge in [-0.1, -0.05) is 115 Å². The highest BCUT2D eigenvalue weighted by Crippen LogP contribution is 2.47. The third-order valence-corrected chi connectivity index (χ3v) is 12.3. The first-order valence-corrected chi connectivity index (χ1v) is 19.6. The molecule has 0 amide bonds. The van der Waals surface area contributed by atoms with E-state index in [1.54, 1.807) is 0 Å². The summed E-state index contributed by atoms with van der Waals surface area (Å²) in [7, 11) is 0. The van der Waals surface area contributed by atoms with E-state index in [9.17, 15) is 0 Å². The van der Waals surface area contributed by atoms with Crippen molar-refractivity contribution in [3.8, 4) is 11.4 Å². The molecule has 5 unspecified atom stereocenters. The van der Waals surface area contributed by atoms with Crippen LogP contribution in [0.25, 0.3) is 16.8 Å². The van der Waals surface area contributed by atoms with Crippen LogP contribution in [-0.4, -0.2) is 38.7 Å². The summed E-state index contributed by atoms with van der Waals surface area (Å²) in [4.78, 5) is 12.9. The maximum absolute atomic E-state index is 6.51. The van der Waals surface area contributed by atoms with Gasteiger partial charge in [-0.15, -0.1) is 5.10 Å². The van der Waals surface area contributed by atoms with E-state index < -0.39 is 0 Å². The smallest absolute Gasteiger partial charge is 0.154 e. The number of nitrogens with zero attached hydrogens (tertiary/aromatic N) is 5. The van der Waals surface area contributed by atoms with Crippen LogP contribution < -0.4 is 4.74 Å². The molecule has 0 saturated carbocycles. The molecule has 0 saturated heterocycles. The monoisotopic (exact) mass is 703 g/mol. The van der Waals surface area contributed by atoms with E-state index >= 15 is 0 Å². The Morgan fingerprint density at radius 3 is 2.57 bits per heavy atom. The standard InChI is InChI=1S/C48H41N5O/c1-3-11-30(12-4-1)36-15-7-8-16-37(36)43-29-42(33-23-25-39-38-17-9-10-18-44(38)54-45(39)28-33)49-48(50-43)34-22-20-31-19-21-32-24-26-41-47(46(32)40(31)27-34)52-53(51-41)35-13-5-2-6-14-35/h1-3,5-11,13-15,17-23,25,27,31,37,40,43,45H,4,12,16,24,26,28-29H2. The lowest BCUT2D eigenvalue weighted by molar-refractivity contribution is 0.277. The van der Waals surface area contributed by atoms with Crippen LogP contribution >= 0.6 is 0 Å². The number of aryl methyl sites for hydroxylation is 1. The molecule has 1 aromatic heterocycles. The molecule has 0 bridgehead atoms. The summed E-state index contributed by atoms with van der Waals surface area (Å²) in [5.41, 5.74) is 14.6. The molecule has 8 aliphatic rings. The zero-order chi connectivity index (χ0) is 35.6. The van der Waals surface area contributed by atoms with E-state index in [1.807, 2.05) is 23.0 Å². The summed E-state index contributed by atoms with van der Waals surface area (Å²) < 4.78 is 6.51. The largest absolute Gasteiger partial charge is 0.485 e. The molecule has 3 heterocycles. The Bertz CT molecular complexity index is 2470. The van der Waals surface area contributed by atoms with E-state index in [1.165, 1.54) is 39.0 Å². The number of amidine groups is 1. The predicted molar refractivity (Wildman–Crippen MR) is 217 cm³/mol. The normalized spacial score (nSPS) is 27.5. The maximum Gasteiger partial charge on any atom is 0.154 e. The van der Waals surface area contributed by atoms with Crippen LogP contribution in [0.15, 0.2) is 171 Å². The van der Waals surface area contributed by atoms with Gasteiger partial charge in [-0.05, 0) is 78.2 Å². The molecule has 0 N–H and O–H groups in total. The predicted octanol–water partition coefficient (Wildman–Crippen LogP) is 9.83. The average Bonchev–Trinajstić information content (AvgIpc) is 3.86. The number of hydrogen-bond donors (Lipinski definition) is 0. The molecular formula is C48H41N5O. The van der Waals surface area contributed by atoms with Crippen molar-refractivity contribution in [2.24, 2.45) is 27.7 Å². The Balaban J connectivity index is 0.983. The second-order valence-electron chi connectivity index (χ2n) is 15.5. The van der Waals surface area contributed by atoms with Crippen LogP contribution in [0.4, 0.5) is 0 Å². The molecule has 0 fully saturated rings. The molecule has 2 aliphatic heterocycles. The van der Waals surface area contributed by atoms with Crippen molar-refractivity contribution < 1.29 is 4.74 Å². The fourth-order valence-electron chi connectivity index (χ4n) is 9.60. The number of aromatic nitrogens is 3. The molecular weight excluding hydrogens is 663 g/mol. The van der Waals surface area contributed by atoms with Crippen molar-refractivity contribution in [3.05, 3.63) is 178 Å². The molecule has 2 aromatic carbocycles. The van der Waals surface area contributed by atoms with Crippen LogP contribution in [0.5, 0.6) is 5.75 Å². The van der Waals surface area contributed by atoms with Gasteiger partial charge in [0.1, 0.15) is 17.5 Å². The number of rotatable bonds is 5. The third kappa shape index (κ3) is 5.38. The van der Waals surface area contributed by atoms with Gasteiger partial charge in [0.05, 0.1) is 17.4 Å². The van der Waals surface area contributed by atoms with Gasteiger partial charge in [0, 0.05) is 53.0 Å². The minimum atomic E-state index is 0.0110. The second kappa shape index (κ2) is 12.9. The summed E-state index contributed by atoms with van der Waals surface area (Å²) >= 11 is 0. The molecule has 11 rings (SSSR count). The van der Waals surface area contributed by atoms with Gasteiger partial charge >= 0.3 is 0 Å². The minimum Gasteiger partial charge on any atom is -0.485 e. The molecule has 5 atom stereocenters. The van der Waals surface area contributed by atoms with Gasteiger partial charge in [0.15, 0.2) is 5.84 Å². The van der Waals surface area contributed by atoms with Crippen LogP contribution in [0.2, 0.25) is 0 Å². The molecule has 0 spiro atoms. The van der Waals surface area contributed by atoms with Crippen LogP contribution in [0.3, 0.4) is 0 Å². The van der Waals surface area contributed by atoms with Gasteiger partial charge in [-0.3, -0.25) is 4.99 Å². The Hall–Kier alpha value is -5.88. The van der Waals surface area contributed by atoms with Crippen molar-refractivity contribution in [2.75, 3.05) is 0 Å². The van der Waals surface area contributed by atoms with Crippen LogP contribution in [0.1, 0.15) is 55.5 Å². The Labute approximate surface area is 316 Å². The van der Waals surface area contributed by atoms with Crippen LogP contribution in [-0.2, 0) is 6.42 Å². The molecule has 264 valence electrons. The summed E-state index contributed by atoms with van der Waals surface area (Å²) in [6.07, 6.45) is 36.7. The van der Waals surface area contributed by atoms with Gasteiger partial charge < -0.3 is 4.74 Å². The number of hydrogen-bond acceptors (Lipinski definition) is 5. The van der Waals surface area contributed by atoms with E-state index in [0.717, 1.165) is 84.9 Å². The van der Waals surface area contributed by atoms with Crippen molar-refractivity contribution in [1.29, 1.82) is 0 Å². The highest BCUT2D eigenvalue weighted by molar-refractivity contribution is 6.15. The number of fused-ring (bicyclic) bond motifs is 7. The van der Waals surface area contributed by atoms with Crippen molar-refractivity contribution in [3.63, 3.8) is 0 Å². The van der Waals surface area contributed by atoms with E-state index in [2.05, 4.69) is 115 Å². The molecule has 6 heteroatoms. The number of aliphatic imine (C=N–C) groups is 2. The number of ether oxygens (including phenoxy) is 1. The lowest BCUT2D eigenvalue weighted by atomic mass is 9.71. The van der Waals surface area contributed by atoms with Gasteiger partial charge in [-0.2, -0.15) is 9.90 Å². The fraction of sp³-hybridized carbons (Fsp3) is 0.250. The molecule has 0 radical (unpaired) electrons. The topological polar surface area (TPSA) is 64.7 Å². The fourth-order valence-corrected chi connectivity index (χ4v) is 9.60. The number of allylic oxidation sites excluding steroid dienone is 15. The van der Waals surface area contributed by atoms with Crippen molar-refractivity contribution in [2.45, 2.75) is 57.1 Å². The first kappa shape index (κ1) is 31.6.